The fourth-order valence-electron chi connectivity index (χ4n) is 4.64. The zero-order valence-electron chi connectivity index (χ0n) is 18.3. The van der Waals surface area contributed by atoms with Gasteiger partial charge in [-0.3, -0.25) is 9.69 Å². The number of ether oxygens (including phenoxy) is 1. The first kappa shape index (κ1) is 21.0. The molecule has 0 unspecified atom stereocenters. The van der Waals surface area contributed by atoms with E-state index in [9.17, 15) is 9.59 Å². The lowest BCUT2D eigenvalue weighted by Gasteiger charge is -2.36. The molecule has 5 rings (SSSR count). The van der Waals surface area contributed by atoms with Crippen LogP contribution in [-0.2, 0) is 4.74 Å². The SMILES string of the molecule is CC(C)(C)OC(=O)N1[CH]CN(c2ccc(C(=O)N3CC4CCC(CC4)C3)cc2)[CH]C1. The maximum absolute atomic E-state index is 13.0. The summed E-state index contributed by atoms with van der Waals surface area (Å²) in [4.78, 5) is 31.0. The molecule has 6 heteroatoms. The minimum atomic E-state index is -0.503. The molecule has 1 aromatic carbocycles. The molecule has 4 fully saturated rings. The molecular formula is C24H33N3O3. The third-order valence-corrected chi connectivity index (χ3v) is 6.28. The minimum absolute atomic E-state index is 0.158. The highest BCUT2D eigenvalue weighted by Gasteiger charge is 2.32. The third-order valence-electron chi connectivity index (χ3n) is 6.28. The van der Waals surface area contributed by atoms with Crippen LogP contribution in [0.5, 0.6) is 0 Å². The lowest BCUT2D eigenvalue weighted by atomic mass is 9.84. The van der Waals surface area contributed by atoms with Gasteiger partial charge in [0.15, 0.2) is 0 Å². The Hall–Kier alpha value is -2.24. The second-order valence-corrected chi connectivity index (χ2v) is 9.79. The van der Waals surface area contributed by atoms with Crippen LogP contribution in [-0.4, -0.2) is 53.6 Å². The van der Waals surface area contributed by atoms with Crippen LogP contribution >= 0.6 is 0 Å². The molecule has 6 nitrogen and oxygen atoms in total. The first-order chi connectivity index (χ1) is 14.3. The third kappa shape index (κ3) is 4.90. The molecule has 0 spiro atoms. The minimum Gasteiger partial charge on any atom is -0.444 e. The molecule has 2 bridgehead atoms. The van der Waals surface area contributed by atoms with Gasteiger partial charge in [0.05, 0.1) is 13.1 Å². The Bertz CT molecular complexity index is 741. The van der Waals surface area contributed by atoms with E-state index in [-0.39, 0.29) is 12.0 Å². The number of rotatable bonds is 2. The summed E-state index contributed by atoms with van der Waals surface area (Å²) in [6.07, 6.45) is 4.76. The molecule has 162 valence electrons. The average molecular weight is 412 g/mol. The number of piperazine rings is 1. The van der Waals surface area contributed by atoms with E-state index in [1.54, 1.807) is 4.90 Å². The Labute approximate surface area is 180 Å². The van der Waals surface area contributed by atoms with E-state index in [0.29, 0.717) is 24.9 Å². The van der Waals surface area contributed by atoms with Crippen molar-refractivity contribution in [3.8, 4) is 0 Å². The maximum Gasteiger partial charge on any atom is 0.410 e. The van der Waals surface area contributed by atoms with Gasteiger partial charge in [-0.05, 0) is 82.6 Å². The predicted molar refractivity (Wildman–Crippen MR) is 117 cm³/mol. The van der Waals surface area contributed by atoms with Gasteiger partial charge in [-0.1, -0.05) is 0 Å². The van der Waals surface area contributed by atoms with E-state index in [4.69, 9.17) is 4.74 Å². The molecular weight excluding hydrogens is 378 g/mol. The van der Waals surface area contributed by atoms with E-state index in [2.05, 4.69) is 9.80 Å². The van der Waals surface area contributed by atoms with Crippen molar-refractivity contribution < 1.29 is 14.3 Å². The molecule has 3 aliphatic heterocycles. The summed E-state index contributed by atoms with van der Waals surface area (Å²) in [5.41, 5.74) is 1.27. The van der Waals surface area contributed by atoms with Crippen molar-refractivity contribution in [1.29, 1.82) is 0 Å². The molecule has 3 heterocycles. The topological polar surface area (TPSA) is 53.1 Å². The fourth-order valence-corrected chi connectivity index (χ4v) is 4.64. The number of anilines is 1. The van der Waals surface area contributed by atoms with Gasteiger partial charge in [0.2, 0.25) is 0 Å². The van der Waals surface area contributed by atoms with Crippen LogP contribution < -0.4 is 4.90 Å². The van der Waals surface area contributed by atoms with Crippen molar-refractivity contribution in [2.24, 2.45) is 11.8 Å². The summed E-state index contributed by atoms with van der Waals surface area (Å²) in [5.74, 6) is 1.52. The van der Waals surface area contributed by atoms with Gasteiger partial charge in [0.1, 0.15) is 5.60 Å². The standard InChI is InChI=1S/C24H33N3O3/c1-24(2,3)30-23(29)26-14-12-25(13-15-26)21-10-8-20(9-11-21)22(28)27-16-18-4-5-19(17-27)7-6-18/h8-12,15,18-19H,4-7,13-14,16-17H2,1-3H3. The average Bonchev–Trinajstić information content (AvgIpc) is 3.06. The second kappa shape index (κ2) is 8.48. The van der Waals surface area contributed by atoms with E-state index in [1.807, 2.05) is 58.1 Å². The van der Waals surface area contributed by atoms with Gasteiger partial charge in [0, 0.05) is 37.4 Å². The Balaban J connectivity index is 1.33. The van der Waals surface area contributed by atoms with Crippen molar-refractivity contribution in [1.82, 2.24) is 9.80 Å². The summed E-state index contributed by atoms with van der Waals surface area (Å²) in [6.45, 7) is 12.3. The van der Waals surface area contributed by atoms with E-state index in [1.165, 1.54) is 25.7 Å². The molecule has 0 aromatic heterocycles. The van der Waals surface area contributed by atoms with Crippen molar-refractivity contribution in [2.75, 3.05) is 31.1 Å². The number of hydrogen-bond donors (Lipinski definition) is 0. The van der Waals surface area contributed by atoms with Crippen LogP contribution in [0.2, 0.25) is 0 Å². The quantitative estimate of drug-likeness (QED) is 0.727. The zero-order chi connectivity index (χ0) is 21.3. The number of fused-ring (bicyclic) bond motifs is 4. The number of amides is 2. The van der Waals surface area contributed by atoms with Gasteiger partial charge in [-0.25, -0.2) is 4.79 Å². The fraction of sp³-hybridized carbons (Fsp3) is 0.583. The van der Waals surface area contributed by atoms with Crippen LogP contribution in [0, 0.1) is 24.9 Å². The molecule has 3 saturated heterocycles. The largest absolute Gasteiger partial charge is 0.444 e. The van der Waals surface area contributed by atoms with Gasteiger partial charge in [-0.15, -0.1) is 0 Å². The zero-order valence-corrected chi connectivity index (χ0v) is 18.3. The van der Waals surface area contributed by atoms with Gasteiger partial charge in [0.25, 0.3) is 5.91 Å². The lowest BCUT2D eigenvalue weighted by Crippen LogP contribution is -2.44. The van der Waals surface area contributed by atoms with Crippen LogP contribution in [0.1, 0.15) is 56.8 Å². The number of hydrogen-bond acceptors (Lipinski definition) is 4. The molecule has 2 amide bonds. The van der Waals surface area contributed by atoms with Crippen molar-refractivity contribution in [2.45, 2.75) is 52.1 Å². The Morgan fingerprint density at radius 3 is 2.00 bits per heavy atom. The normalized spacial score (nSPS) is 24.6. The van der Waals surface area contributed by atoms with Crippen LogP contribution in [0.3, 0.4) is 0 Å². The number of nitrogens with zero attached hydrogens (tertiary/aromatic N) is 3. The smallest absolute Gasteiger partial charge is 0.410 e. The van der Waals surface area contributed by atoms with E-state index in [0.717, 1.165) is 24.3 Å². The highest BCUT2D eigenvalue weighted by atomic mass is 16.6. The van der Waals surface area contributed by atoms with Gasteiger partial charge in [-0.2, -0.15) is 0 Å². The highest BCUT2D eigenvalue weighted by molar-refractivity contribution is 5.94. The van der Waals surface area contributed by atoms with Gasteiger partial charge < -0.3 is 14.5 Å². The summed E-state index contributed by atoms with van der Waals surface area (Å²) in [6, 6.07) is 7.84. The Morgan fingerprint density at radius 1 is 0.900 bits per heavy atom. The molecule has 1 saturated carbocycles. The Morgan fingerprint density at radius 2 is 1.50 bits per heavy atom. The monoisotopic (exact) mass is 411 g/mol. The van der Waals surface area contributed by atoms with Crippen LogP contribution in [0.4, 0.5) is 10.5 Å². The summed E-state index contributed by atoms with van der Waals surface area (Å²) < 4.78 is 5.42. The highest BCUT2D eigenvalue weighted by Crippen LogP contribution is 2.34. The molecule has 0 N–H and O–H groups in total. The first-order valence-electron chi connectivity index (χ1n) is 11.1. The molecule has 0 atom stereocenters. The van der Waals surface area contributed by atoms with Crippen molar-refractivity contribution in [3.63, 3.8) is 0 Å². The first-order valence-corrected chi connectivity index (χ1v) is 11.1. The molecule has 30 heavy (non-hydrogen) atoms. The van der Waals surface area contributed by atoms with Gasteiger partial charge >= 0.3 is 6.09 Å². The number of carbonyl (C=O) groups is 2. The maximum atomic E-state index is 13.0. The van der Waals surface area contributed by atoms with Crippen LogP contribution in [0.25, 0.3) is 0 Å². The van der Waals surface area contributed by atoms with Crippen molar-refractivity contribution >= 4 is 17.7 Å². The number of benzene rings is 1. The summed E-state index contributed by atoms with van der Waals surface area (Å²) in [5, 5.41) is 0. The molecule has 1 aromatic rings. The second-order valence-electron chi connectivity index (χ2n) is 9.79. The predicted octanol–water partition coefficient (Wildman–Crippen LogP) is 4.33. The molecule has 2 radical (unpaired) electrons. The summed E-state index contributed by atoms with van der Waals surface area (Å²) >= 11 is 0. The van der Waals surface area contributed by atoms with Crippen LogP contribution in [0.15, 0.2) is 24.3 Å². The summed E-state index contributed by atoms with van der Waals surface area (Å²) in [7, 11) is 0. The number of carbonyl (C=O) groups excluding carboxylic acids is 2. The van der Waals surface area contributed by atoms with E-state index < -0.39 is 5.60 Å². The Kier molecular flexibility index (Phi) is 5.94. The molecule has 4 aliphatic rings. The lowest BCUT2D eigenvalue weighted by molar-refractivity contribution is 0.0305. The molecule has 1 aliphatic carbocycles. The van der Waals surface area contributed by atoms with E-state index >= 15 is 0 Å². The van der Waals surface area contributed by atoms with Crippen molar-refractivity contribution in [3.05, 3.63) is 42.9 Å².